The number of anilines is 1. The maximum atomic E-state index is 12.1. The lowest BCUT2D eigenvalue weighted by molar-refractivity contribution is 0.0946. The number of nitrogens with one attached hydrogen (secondary N) is 1. The van der Waals surface area contributed by atoms with Gasteiger partial charge in [0.2, 0.25) is 0 Å². The van der Waals surface area contributed by atoms with Gasteiger partial charge >= 0.3 is 0 Å². The summed E-state index contributed by atoms with van der Waals surface area (Å²) in [4.78, 5) is 18.5. The van der Waals surface area contributed by atoms with E-state index >= 15 is 0 Å². The molecule has 1 amide bonds. The van der Waals surface area contributed by atoms with Crippen molar-refractivity contribution in [3.8, 4) is 0 Å². The number of pyridine rings is 1. The maximum absolute atomic E-state index is 12.1. The van der Waals surface area contributed by atoms with Crippen molar-refractivity contribution in [3.05, 3.63) is 58.9 Å². The van der Waals surface area contributed by atoms with Crippen molar-refractivity contribution in [2.75, 3.05) is 18.0 Å². The highest BCUT2D eigenvalue weighted by Crippen LogP contribution is 2.15. The van der Waals surface area contributed by atoms with E-state index in [9.17, 15) is 4.79 Å². The standard InChI is InChI=1S/C17H20ClN3O/c1-3-21(4-2)14-9-10-16(19-12-14)17(22)20-11-13-7-5-6-8-15(13)18/h5-10,12H,3-4,11H2,1-2H3,(H,20,22). The van der Waals surface area contributed by atoms with E-state index in [1.54, 1.807) is 18.3 Å². The third-order valence-corrected chi connectivity index (χ3v) is 3.88. The number of amides is 1. The van der Waals surface area contributed by atoms with E-state index < -0.39 is 0 Å². The molecule has 0 fully saturated rings. The fourth-order valence-electron chi connectivity index (χ4n) is 2.20. The van der Waals surface area contributed by atoms with Crippen LogP contribution in [0.3, 0.4) is 0 Å². The molecule has 1 heterocycles. The first-order valence-electron chi connectivity index (χ1n) is 7.38. The van der Waals surface area contributed by atoms with Gasteiger partial charge in [0.25, 0.3) is 5.91 Å². The van der Waals surface area contributed by atoms with E-state index in [4.69, 9.17) is 11.6 Å². The lowest BCUT2D eigenvalue weighted by atomic mass is 10.2. The molecule has 0 spiro atoms. The number of carbonyl (C=O) groups is 1. The monoisotopic (exact) mass is 317 g/mol. The number of benzene rings is 1. The normalized spacial score (nSPS) is 10.3. The smallest absolute Gasteiger partial charge is 0.270 e. The Hall–Kier alpha value is -2.07. The van der Waals surface area contributed by atoms with Crippen LogP contribution >= 0.6 is 11.6 Å². The van der Waals surface area contributed by atoms with E-state index in [1.165, 1.54) is 0 Å². The van der Waals surface area contributed by atoms with Crippen molar-refractivity contribution in [1.29, 1.82) is 0 Å². The molecule has 116 valence electrons. The second-order valence-corrected chi connectivity index (χ2v) is 5.26. The van der Waals surface area contributed by atoms with Crippen LogP contribution in [0.4, 0.5) is 5.69 Å². The van der Waals surface area contributed by atoms with Crippen LogP contribution in [-0.4, -0.2) is 24.0 Å². The van der Waals surface area contributed by atoms with Gasteiger partial charge in [-0.1, -0.05) is 29.8 Å². The molecular weight excluding hydrogens is 298 g/mol. The Morgan fingerprint density at radius 3 is 2.50 bits per heavy atom. The number of rotatable bonds is 6. The van der Waals surface area contributed by atoms with Crippen molar-refractivity contribution >= 4 is 23.2 Å². The fraction of sp³-hybridized carbons (Fsp3) is 0.294. The van der Waals surface area contributed by atoms with Crippen molar-refractivity contribution in [1.82, 2.24) is 10.3 Å². The summed E-state index contributed by atoms with van der Waals surface area (Å²) in [6, 6.07) is 11.1. The molecular formula is C17H20ClN3O. The van der Waals surface area contributed by atoms with Gasteiger partial charge in [-0.2, -0.15) is 0 Å². The van der Waals surface area contributed by atoms with E-state index in [0.29, 0.717) is 17.3 Å². The Kier molecular flexibility index (Phi) is 5.78. The molecule has 0 radical (unpaired) electrons. The average molecular weight is 318 g/mol. The summed E-state index contributed by atoms with van der Waals surface area (Å²) in [5.74, 6) is -0.203. The Bertz CT molecular complexity index is 624. The second-order valence-electron chi connectivity index (χ2n) is 4.85. The molecule has 2 aromatic rings. The largest absolute Gasteiger partial charge is 0.371 e. The lowest BCUT2D eigenvalue weighted by Gasteiger charge is -2.20. The highest BCUT2D eigenvalue weighted by molar-refractivity contribution is 6.31. The number of nitrogens with zero attached hydrogens (tertiary/aromatic N) is 2. The van der Waals surface area contributed by atoms with Crippen LogP contribution in [0, 0.1) is 0 Å². The third kappa shape index (κ3) is 3.98. The summed E-state index contributed by atoms with van der Waals surface area (Å²) < 4.78 is 0. The maximum Gasteiger partial charge on any atom is 0.270 e. The molecule has 0 atom stereocenters. The zero-order valence-corrected chi connectivity index (χ0v) is 13.6. The minimum Gasteiger partial charge on any atom is -0.371 e. The van der Waals surface area contributed by atoms with Crippen molar-refractivity contribution in [2.45, 2.75) is 20.4 Å². The number of hydrogen-bond acceptors (Lipinski definition) is 3. The SMILES string of the molecule is CCN(CC)c1ccc(C(=O)NCc2ccccc2Cl)nc1. The van der Waals surface area contributed by atoms with E-state index in [0.717, 1.165) is 24.3 Å². The highest BCUT2D eigenvalue weighted by Gasteiger charge is 2.09. The molecule has 0 bridgehead atoms. The second kappa shape index (κ2) is 7.80. The van der Waals surface area contributed by atoms with Crippen LogP contribution in [0.2, 0.25) is 5.02 Å². The average Bonchev–Trinajstić information content (AvgIpc) is 2.55. The van der Waals surface area contributed by atoms with E-state index in [1.807, 2.05) is 24.3 Å². The number of aromatic nitrogens is 1. The van der Waals surface area contributed by atoms with Crippen molar-refractivity contribution in [2.24, 2.45) is 0 Å². The highest BCUT2D eigenvalue weighted by atomic mass is 35.5. The van der Waals surface area contributed by atoms with Crippen LogP contribution in [0.25, 0.3) is 0 Å². The molecule has 1 N–H and O–H groups in total. The predicted octanol–water partition coefficient (Wildman–Crippen LogP) is 3.51. The van der Waals surface area contributed by atoms with Gasteiger partial charge in [0.1, 0.15) is 5.69 Å². The molecule has 5 heteroatoms. The van der Waals surface area contributed by atoms with Gasteiger partial charge in [-0.15, -0.1) is 0 Å². The number of carbonyl (C=O) groups excluding carboxylic acids is 1. The van der Waals surface area contributed by atoms with Crippen LogP contribution in [0.15, 0.2) is 42.6 Å². The zero-order chi connectivity index (χ0) is 15.9. The molecule has 2 rings (SSSR count). The first-order chi connectivity index (χ1) is 10.7. The zero-order valence-electron chi connectivity index (χ0n) is 12.8. The fourth-order valence-corrected chi connectivity index (χ4v) is 2.41. The molecule has 0 unspecified atom stereocenters. The number of hydrogen-bond donors (Lipinski definition) is 1. The van der Waals surface area contributed by atoms with Crippen LogP contribution in [0.1, 0.15) is 29.9 Å². The van der Waals surface area contributed by atoms with Gasteiger partial charge < -0.3 is 10.2 Å². The number of halogens is 1. The lowest BCUT2D eigenvalue weighted by Crippen LogP contribution is -2.25. The first-order valence-corrected chi connectivity index (χ1v) is 7.76. The third-order valence-electron chi connectivity index (χ3n) is 3.51. The molecule has 0 aliphatic heterocycles. The molecule has 1 aromatic carbocycles. The molecule has 4 nitrogen and oxygen atoms in total. The van der Waals surface area contributed by atoms with Gasteiger partial charge in [-0.05, 0) is 37.6 Å². The minimum absolute atomic E-state index is 0.203. The quantitative estimate of drug-likeness (QED) is 0.886. The molecule has 1 aromatic heterocycles. The van der Waals surface area contributed by atoms with E-state index in [2.05, 4.69) is 29.0 Å². The molecule has 0 saturated heterocycles. The van der Waals surface area contributed by atoms with Gasteiger partial charge in [0.15, 0.2) is 0 Å². The topological polar surface area (TPSA) is 45.2 Å². The Balaban J connectivity index is 2.00. The summed E-state index contributed by atoms with van der Waals surface area (Å²) >= 11 is 6.07. The molecule has 22 heavy (non-hydrogen) atoms. The summed E-state index contributed by atoms with van der Waals surface area (Å²) in [7, 11) is 0. The molecule has 0 aliphatic carbocycles. The minimum atomic E-state index is -0.203. The first kappa shape index (κ1) is 16.3. The Morgan fingerprint density at radius 2 is 1.91 bits per heavy atom. The van der Waals surface area contributed by atoms with E-state index in [-0.39, 0.29) is 5.91 Å². The Morgan fingerprint density at radius 1 is 1.18 bits per heavy atom. The molecule has 0 aliphatic rings. The van der Waals surface area contributed by atoms with Crippen LogP contribution < -0.4 is 10.2 Å². The predicted molar refractivity (Wildman–Crippen MR) is 90.4 cm³/mol. The van der Waals surface area contributed by atoms with Crippen LogP contribution in [-0.2, 0) is 6.54 Å². The van der Waals surface area contributed by atoms with Crippen LogP contribution in [0.5, 0.6) is 0 Å². The summed E-state index contributed by atoms with van der Waals surface area (Å²) in [6.45, 7) is 6.39. The Labute approximate surface area is 136 Å². The van der Waals surface area contributed by atoms with Gasteiger partial charge in [0.05, 0.1) is 11.9 Å². The van der Waals surface area contributed by atoms with Gasteiger partial charge in [-0.25, -0.2) is 4.98 Å². The van der Waals surface area contributed by atoms with Crippen molar-refractivity contribution < 1.29 is 4.79 Å². The summed E-state index contributed by atoms with van der Waals surface area (Å²) in [5, 5.41) is 3.48. The molecule has 0 saturated carbocycles. The van der Waals surface area contributed by atoms with Gasteiger partial charge in [0, 0.05) is 24.7 Å². The summed E-state index contributed by atoms with van der Waals surface area (Å²) in [6.07, 6.45) is 1.73. The van der Waals surface area contributed by atoms with Crippen molar-refractivity contribution in [3.63, 3.8) is 0 Å². The van der Waals surface area contributed by atoms with Gasteiger partial charge in [-0.3, -0.25) is 4.79 Å². The summed E-state index contributed by atoms with van der Waals surface area (Å²) in [5.41, 5.74) is 2.31.